The molecular formula is C18H27N3O3. The minimum absolute atomic E-state index is 0.164. The minimum Gasteiger partial charge on any atom is -0.393 e. The molecule has 1 unspecified atom stereocenters. The van der Waals surface area contributed by atoms with Gasteiger partial charge in [0.2, 0.25) is 0 Å². The van der Waals surface area contributed by atoms with Crippen molar-refractivity contribution in [3.8, 4) is 0 Å². The molecule has 3 N–H and O–H groups in total. The highest BCUT2D eigenvalue weighted by Crippen LogP contribution is 2.33. The number of nitrogens with zero attached hydrogens (tertiary/aromatic N) is 2. The molecule has 1 heterocycles. The number of aromatic nitrogens is 2. The fourth-order valence-corrected chi connectivity index (χ4v) is 3.89. The van der Waals surface area contributed by atoms with E-state index in [1.807, 2.05) is 6.92 Å². The SMILES string of the molecule is CCOC1CC(Cc2ncc(C(N)=O)c(CC3CCC[C@@H]3O)n2)C1. The van der Waals surface area contributed by atoms with Crippen LogP contribution < -0.4 is 5.73 Å². The lowest BCUT2D eigenvalue weighted by Crippen LogP contribution is -2.33. The van der Waals surface area contributed by atoms with E-state index >= 15 is 0 Å². The predicted molar refractivity (Wildman–Crippen MR) is 89.4 cm³/mol. The maximum absolute atomic E-state index is 11.7. The second-order valence-corrected chi connectivity index (χ2v) is 7.09. The first-order chi connectivity index (χ1) is 11.6. The fourth-order valence-electron chi connectivity index (χ4n) is 3.89. The van der Waals surface area contributed by atoms with Gasteiger partial charge in [0, 0.05) is 19.2 Å². The molecule has 0 spiro atoms. The molecule has 0 aromatic carbocycles. The number of hydrogen-bond acceptors (Lipinski definition) is 5. The Morgan fingerprint density at radius 2 is 2.17 bits per heavy atom. The first-order valence-corrected chi connectivity index (χ1v) is 9.01. The summed E-state index contributed by atoms with van der Waals surface area (Å²) in [6.45, 7) is 2.78. The van der Waals surface area contributed by atoms with Crippen LogP contribution in [0.5, 0.6) is 0 Å². The van der Waals surface area contributed by atoms with E-state index in [1.165, 1.54) is 0 Å². The van der Waals surface area contributed by atoms with Gasteiger partial charge in [-0.2, -0.15) is 0 Å². The van der Waals surface area contributed by atoms with Crippen LogP contribution >= 0.6 is 0 Å². The number of amides is 1. The molecule has 1 aromatic heterocycles. The summed E-state index contributed by atoms with van der Waals surface area (Å²) in [5, 5.41) is 10.0. The summed E-state index contributed by atoms with van der Waals surface area (Å²) in [7, 11) is 0. The Morgan fingerprint density at radius 3 is 2.79 bits per heavy atom. The van der Waals surface area contributed by atoms with Gasteiger partial charge >= 0.3 is 0 Å². The largest absolute Gasteiger partial charge is 0.393 e. The monoisotopic (exact) mass is 333 g/mol. The van der Waals surface area contributed by atoms with Crippen molar-refractivity contribution in [3.05, 3.63) is 23.3 Å². The van der Waals surface area contributed by atoms with Crippen molar-refractivity contribution in [1.82, 2.24) is 9.97 Å². The van der Waals surface area contributed by atoms with Crippen molar-refractivity contribution in [2.75, 3.05) is 6.61 Å². The van der Waals surface area contributed by atoms with E-state index in [1.54, 1.807) is 6.20 Å². The Bertz CT molecular complexity index is 587. The molecule has 0 aliphatic heterocycles. The second kappa shape index (κ2) is 7.57. The van der Waals surface area contributed by atoms with Crippen LogP contribution in [-0.2, 0) is 17.6 Å². The summed E-state index contributed by atoms with van der Waals surface area (Å²) >= 11 is 0. The van der Waals surface area contributed by atoms with Crippen LogP contribution in [0.1, 0.15) is 60.9 Å². The van der Waals surface area contributed by atoms with Crippen LogP contribution in [0.2, 0.25) is 0 Å². The molecular weight excluding hydrogens is 306 g/mol. The van der Waals surface area contributed by atoms with Crippen LogP contribution in [-0.4, -0.2) is 39.8 Å². The summed E-state index contributed by atoms with van der Waals surface area (Å²) in [5.74, 6) is 0.981. The third-order valence-electron chi connectivity index (χ3n) is 5.32. The van der Waals surface area contributed by atoms with Crippen molar-refractivity contribution >= 4 is 5.91 Å². The van der Waals surface area contributed by atoms with E-state index in [0.29, 0.717) is 29.7 Å². The number of hydrogen-bond donors (Lipinski definition) is 2. The molecule has 2 aliphatic rings. The van der Waals surface area contributed by atoms with E-state index < -0.39 is 5.91 Å². The van der Waals surface area contributed by atoms with E-state index in [-0.39, 0.29) is 12.0 Å². The maximum Gasteiger partial charge on any atom is 0.252 e. The smallest absolute Gasteiger partial charge is 0.252 e. The molecule has 6 heteroatoms. The van der Waals surface area contributed by atoms with Gasteiger partial charge in [-0.05, 0) is 50.9 Å². The van der Waals surface area contributed by atoms with Crippen LogP contribution in [0, 0.1) is 11.8 Å². The highest BCUT2D eigenvalue weighted by molar-refractivity contribution is 5.93. The fraction of sp³-hybridized carbons (Fsp3) is 0.722. The highest BCUT2D eigenvalue weighted by Gasteiger charge is 2.31. The second-order valence-electron chi connectivity index (χ2n) is 7.09. The average molecular weight is 333 g/mol. The molecule has 1 amide bonds. The molecule has 0 bridgehead atoms. The zero-order chi connectivity index (χ0) is 17.1. The van der Waals surface area contributed by atoms with Crippen LogP contribution in [0.4, 0.5) is 0 Å². The summed E-state index contributed by atoms with van der Waals surface area (Å²) < 4.78 is 5.59. The van der Waals surface area contributed by atoms with E-state index in [4.69, 9.17) is 10.5 Å². The molecule has 2 saturated carbocycles. The van der Waals surface area contributed by atoms with Gasteiger partial charge in [-0.1, -0.05) is 6.42 Å². The third kappa shape index (κ3) is 3.92. The molecule has 24 heavy (non-hydrogen) atoms. The minimum atomic E-state index is -0.496. The normalized spacial score (nSPS) is 29.4. The topological polar surface area (TPSA) is 98.3 Å². The van der Waals surface area contributed by atoms with Gasteiger partial charge in [0.05, 0.1) is 23.5 Å². The first-order valence-electron chi connectivity index (χ1n) is 9.01. The van der Waals surface area contributed by atoms with Crippen LogP contribution in [0.15, 0.2) is 6.20 Å². The van der Waals surface area contributed by atoms with Crippen molar-refractivity contribution in [3.63, 3.8) is 0 Å². The lowest BCUT2D eigenvalue weighted by molar-refractivity contribution is -0.0245. The number of nitrogens with two attached hydrogens (primary N) is 1. The van der Waals surface area contributed by atoms with Crippen molar-refractivity contribution in [2.24, 2.45) is 17.6 Å². The average Bonchev–Trinajstić information content (AvgIpc) is 2.90. The number of carbonyl (C=O) groups is 1. The predicted octanol–water partition coefficient (Wildman–Crippen LogP) is 1.64. The van der Waals surface area contributed by atoms with Crippen molar-refractivity contribution in [2.45, 2.75) is 64.1 Å². The van der Waals surface area contributed by atoms with Gasteiger partial charge in [0.1, 0.15) is 5.82 Å². The molecule has 2 aliphatic carbocycles. The summed E-state index contributed by atoms with van der Waals surface area (Å²) in [6, 6.07) is 0. The molecule has 1 aromatic rings. The van der Waals surface area contributed by atoms with E-state index in [0.717, 1.165) is 51.0 Å². The summed E-state index contributed by atoms with van der Waals surface area (Å²) in [6.07, 6.45) is 7.95. The lowest BCUT2D eigenvalue weighted by Gasteiger charge is -2.34. The molecule has 3 rings (SSSR count). The Hall–Kier alpha value is -1.53. The highest BCUT2D eigenvalue weighted by atomic mass is 16.5. The Kier molecular flexibility index (Phi) is 5.46. The van der Waals surface area contributed by atoms with Gasteiger partial charge in [-0.3, -0.25) is 4.79 Å². The maximum atomic E-state index is 11.7. The molecule has 132 valence electrons. The zero-order valence-electron chi connectivity index (χ0n) is 14.3. The number of ether oxygens (including phenoxy) is 1. The first kappa shape index (κ1) is 17.3. The van der Waals surface area contributed by atoms with Gasteiger partial charge in [-0.25, -0.2) is 9.97 Å². The van der Waals surface area contributed by atoms with E-state index in [2.05, 4.69) is 9.97 Å². The van der Waals surface area contributed by atoms with Crippen molar-refractivity contribution < 1.29 is 14.6 Å². The number of rotatable bonds is 7. The number of aliphatic hydroxyl groups is 1. The zero-order valence-corrected chi connectivity index (χ0v) is 14.3. The molecule has 6 nitrogen and oxygen atoms in total. The quantitative estimate of drug-likeness (QED) is 0.790. The Morgan fingerprint density at radius 1 is 1.38 bits per heavy atom. The molecule has 2 fully saturated rings. The molecule has 0 radical (unpaired) electrons. The molecule has 0 saturated heterocycles. The van der Waals surface area contributed by atoms with Gasteiger partial charge in [0.15, 0.2) is 0 Å². The Labute approximate surface area is 142 Å². The number of aliphatic hydroxyl groups excluding tert-OH is 1. The Balaban J connectivity index is 1.68. The standard InChI is InChI=1S/C18H27N3O3/c1-2-24-13-6-11(7-13)8-17-20-10-14(18(19)23)15(21-17)9-12-4-3-5-16(12)22/h10-13,16,22H,2-9H2,1H3,(H2,19,23)/t11?,12?,13?,16-/m0/s1. The van der Waals surface area contributed by atoms with Crippen molar-refractivity contribution in [1.29, 1.82) is 0 Å². The summed E-state index contributed by atoms with van der Waals surface area (Å²) in [4.78, 5) is 20.6. The van der Waals surface area contributed by atoms with Gasteiger partial charge in [-0.15, -0.1) is 0 Å². The number of carbonyl (C=O) groups excluding carboxylic acids is 1. The number of primary amides is 1. The lowest BCUT2D eigenvalue weighted by atomic mass is 9.80. The summed E-state index contributed by atoms with van der Waals surface area (Å²) in [5.41, 5.74) is 6.55. The van der Waals surface area contributed by atoms with Crippen LogP contribution in [0.3, 0.4) is 0 Å². The third-order valence-corrected chi connectivity index (χ3v) is 5.32. The van der Waals surface area contributed by atoms with Gasteiger partial charge in [0.25, 0.3) is 5.91 Å². The molecule has 2 atom stereocenters. The van der Waals surface area contributed by atoms with E-state index in [9.17, 15) is 9.90 Å². The van der Waals surface area contributed by atoms with Gasteiger partial charge < -0.3 is 15.6 Å². The van der Waals surface area contributed by atoms with Crippen LogP contribution in [0.25, 0.3) is 0 Å².